The number of rotatable bonds is 4. The van der Waals surface area contributed by atoms with Gasteiger partial charge < -0.3 is 0 Å². The Balaban J connectivity index is 1.55. The minimum atomic E-state index is -0.386. The largest absolute Gasteiger partial charge is 0.269 e. The van der Waals surface area contributed by atoms with E-state index in [1.807, 2.05) is 42.5 Å². The average molecular weight is 407 g/mol. The first-order valence-corrected chi connectivity index (χ1v) is 9.76. The van der Waals surface area contributed by atoms with Gasteiger partial charge in [0.05, 0.1) is 29.7 Å². The van der Waals surface area contributed by atoms with Crippen LogP contribution >= 0.6 is 0 Å². The lowest BCUT2D eigenvalue weighted by atomic mass is 9.92. The van der Waals surface area contributed by atoms with Crippen molar-refractivity contribution >= 4 is 23.5 Å². The van der Waals surface area contributed by atoms with E-state index in [-0.39, 0.29) is 18.4 Å². The van der Waals surface area contributed by atoms with Crippen LogP contribution in [0.1, 0.15) is 27.3 Å². The Kier molecular flexibility index (Phi) is 4.68. The molecule has 0 N–H and O–H groups in total. The van der Waals surface area contributed by atoms with Gasteiger partial charge in [-0.25, -0.2) is 0 Å². The Morgan fingerprint density at radius 1 is 0.806 bits per heavy atom. The number of hydrogen-bond acceptors (Lipinski definition) is 5. The molecule has 1 aliphatic heterocycles. The zero-order chi connectivity index (χ0) is 21.2. The topological polar surface area (TPSA) is 81.0 Å². The molecular weight excluding hydrogens is 390 g/mol. The smallest absolute Gasteiger partial charge is 0.261 e. The molecule has 31 heavy (non-hydrogen) atoms. The van der Waals surface area contributed by atoms with E-state index in [2.05, 4.69) is 15.2 Å². The third-order valence-corrected chi connectivity index (χ3v) is 5.00. The molecule has 0 atom stereocenters. The summed E-state index contributed by atoms with van der Waals surface area (Å²) in [6.07, 6.45) is 4.90. The lowest BCUT2D eigenvalue weighted by Gasteiger charge is -2.28. The fraction of sp³-hybridized carbons (Fsp3) is 0.0417. The first-order valence-electron chi connectivity index (χ1n) is 9.76. The van der Waals surface area contributed by atoms with Crippen LogP contribution in [0.25, 0.3) is 17.3 Å². The summed E-state index contributed by atoms with van der Waals surface area (Å²) in [6, 6.07) is 22.0. The van der Waals surface area contributed by atoms with Crippen LogP contribution in [0.2, 0.25) is 0 Å². The third-order valence-electron chi connectivity index (χ3n) is 5.00. The first-order chi connectivity index (χ1) is 15.2. The van der Waals surface area contributed by atoms with Crippen LogP contribution in [0, 0.1) is 0 Å². The van der Waals surface area contributed by atoms with Gasteiger partial charge in [-0.1, -0.05) is 42.5 Å². The standard InChI is InChI=1S/C24H17N5O2/c30-23-21-12-5-4-11-20(21)22(24(31)28(23)16-17-8-6-7-13-25-17)14-18-15-26-29(27-18)19-9-2-1-3-10-19/h1-15H,16H2/b22-14+. The van der Waals surface area contributed by atoms with Crippen molar-refractivity contribution in [3.8, 4) is 5.69 Å². The highest BCUT2D eigenvalue weighted by Gasteiger charge is 2.35. The van der Waals surface area contributed by atoms with Gasteiger partial charge in [0, 0.05) is 17.3 Å². The Morgan fingerprint density at radius 3 is 2.32 bits per heavy atom. The molecule has 7 heteroatoms. The van der Waals surface area contributed by atoms with E-state index >= 15 is 0 Å². The number of pyridine rings is 1. The molecule has 5 rings (SSSR count). The summed E-state index contributed by atoms with van der Waals surface area (Å²) >= 11 is 0. The van der Waals surface area contributed by atoms with E-state index in [1.165, 1.54) is 9.70 Å². The molecule has 2 aromatic carbocycles. The van der Waals surface area contributed by atoms with E-state index in [0.717, 1.165) is 5.69 Å². The number of aromatic nitrogens is 4. The van der Waals surface area contributed by atoms with Gasteiger partial charge >= 0.3 is 0 Å². The third kappa shape index (κ3) is 3.53. The zero-order valence-electron chi connectivity index (χ0n) is 16.4. The highest BCUT2D eigenvalue weighted by atomic mass is 16.2. The van der Waals surface area contributed by atoms with Crippen molar-refractivity contribution in [2.24, 2.45) is 0 Å². The number of carbonyl (C=O) groups excluding carboxylic acids is 2. The van der Waals surface area contributed by atoms with Gasteiger partial charge in [-0.2, -0.15) is 9.90 Å². The number of amides is 2. The average Bonchev–Trinajstić information content (AvgIpc) is 3.29. The molecule has 2 amide bonds. The monoisotopic (exact) mass is 407 g/mol. The number of carbonyl (C=O) groups is 2. The summed E-state index contributed by atoms with van der Waals surface area (Å²) in [7, 11) is 0. The SMILES string of the molecule is O=C1/C(=C/c2cnn(-c3ccccc3)n2)c2ccccc2C(=O)N1Cc1ccccn1. The molecular formula is C24H17N5O2. The number of nitrogens with zero attached hydrogens (tertiary/aromatic N) is 5. The highest BCUT2D eigenvalue weighted by molar-refractivity contribution is 6.33. The van der Waals surface area contributed by atoms with E-state index in [1.54, 1.807) is 48.8 Å². The number of benzene rings is 2. The van der Waals surface area contributed by atoms with Crippen LogP contribution < -0.4 is 0 Å². The van der Waals surface area contributed by atoms with E-state index in [4.69, 9.17) is 0 Å². The Morgan fingerprint density at radius 2 is 1.55 bits per heavy atom. The number of para-hydroxylation sites is 1. The molecule has 4 aromatic rings. The van der Waals surface area contributed by atoms with Crippen LogP contribution in [-0.4, -0.2) is 36.7 Å². The summed E-state index contributed by atoms with van der Waals surface area (Å²) in [6.45, 7) is 0.0981. The van der Waals surface area contributed by atoms with Gasteiger partial charge in [0.25, 0.3) is 11.8 Å². The minimum Gasteiger partial charge on any atom is -0.269 e. The lowest BCUT2D eigenvalue weighted by molar-refractivity contribution is -0.123. The quantitative estimate of drug-likeness (QED) is 0.383. The Hall–Kier alpha value is -4.39. The molecule has 3 heterocycles. The molecule has 0 aliphatic carbocycles. The van der Waals surface area contributed by atoms with Gasteiger partial charge in [-0.3, -0.25) is 19.5 Å². The molecule has 0 spiro atoms. The maximum atomic E-state index is 13.3. The predicted molar refractivity (Wildman–Crippen MR) is 115 cm³/mol. The second-order valence-electron chi connectivity index (χ2n) is 7.02. The summed E-state index contributed by atoms with van der Waals surface area (Å²) < 4.78 is 0. The van der Waals surface area contributed by atoms with Gasteiger partial charge in [-0.15, -0.1) is 5.10 Å². The molecule has 0 unspecified atom stereocenters. The van der Waals surface area contributed by atoms with Crippen LogP contribution in [0.3, 0.4) is 0 Å². The molecule has 0 fully saturated rings. The molecule has 1 aliphatic rings. The van der Waals surface area contributed by atoms with Crippen molar-refractivity contribution < 1.29 is 9.59 Å². The summed E-state index contributed by atoms with van der Waals surface area (Å²) in [5, 5.41) is 8.76. The second kappa shape index (κ2) is 7.79. The minimum absolute atomic E-state index is 0.0981. The molecule has 2 aromatic heterocycles. The van der Waals surface area contributed by atoms with Crippen molar-refractivity contribution in [3.05, 3.63) is 108 Å². The maximum Gasteiger partial charge on any atom is 0.261 e. The van der Waals surface area contributed by atoms with Crippen molar-refractivity contribution in [2.75, 3.05) is 0 Å². The van der Waals surface area contributed by atoms with Gasteiger partial charge in [0.1, 0.15) is 5.69 Å². The predicted octanol–water partition coefficient (Wildman–Crippen LogP) is 3.39. The normalized spacial score (nSPS) is 14.7. The van der Waals surface area contributed by atoms with Gasteiger partial charge in [0.2, 0.25) is 0 Å². The molecule has 0 saturated carbocycles. The Labute approximate surface area is 178 Å². The van der Waals surface area contributed by atoms with Crippen LogP contribution in [0.5, 0.6) is 0 Å². The van der Waals surface area contributed by atoms with Crippen molar-refractivity contribution in [1.29, 1.82) is 0 Å². The lowest BCUT2D eigenvalue weighted by Crippen LogP contribution is -2.41. The Bertz CT molecular complexity index is 1300. The maximum absolute atomic E-state index is 13.3. The summed E-state index contributed by atoms with van der Waals surface area (Å²) in [4.78, 5) is 33.3. The summed E-state index contributed by atoms with van der Waals surface area (Å²) in [5.74, 6) is -0.722. The van der Waals surface area contributed by atoms with Crippen molar-refractivity contribution in [1.82, 2.24) is 24.9 Å². The molecule has 0 saturated heterocycles. The summed E-state index contributed by atoms with van der Waals surface area (Å²) in [5.41, 5.74) is 3.43. The number of fused-ring (bicyclic) bond motifs is 1. The van der Waals surface area contributed by atoms with Crippen molar-refractivity contribution in [2.45, 2.75) is 6.54 Å². The fourth-order valence-electron chi connectivity index (χ4n) is 3.51. The molecule has 0 bridgehead atoms. The molecule has 7 nitrogen and oxygen atoms in total. The van der Waals surface area contributed by atoms with E-state index in [0.29, 0.717) is 28.1 Å². The molecule has 150 valence electrons. The zero-order valence-corrected chi connectivity index (χ0v) is 16.4. The second-order valence-corrected chi connectivity index (χ2v) is 7.02. The number of hydrogen-bond donors (Lipinski definition) is 0. The highest BCUT2D eigenvalue weighted by Crippen LogP contribution is 2.30. The van der Waals surface area contributed by atoms with Crippen LogP contribution in [-0.2, 0) is 11.3 Å². The van der Waals surface area contributed by atoms with Gasteiger partial charge in [-0.05, 0) is 36.4 Å². The van der Waals surface area contributed by atoms with E-state index < -0.39 is 0 Å². The van der Waals surface area contributed by atoms with Crippen LogP contribution in [0.4, 0.5) is 0 Å². The number of imide groups is 1. The fourth-order valence-corrected chi connectivity index (χ4v) is 3.51. The van der Waals surface area contributed by atoms with Gasteiger partial charge in [0.15, 0.2) is 0 Å². The first kappa shape index (κ1) is 18.6. The van der Waals surface area contributed by atoms with Crippen molar-refractivity contribution in [3.63, 3.8) is 0 Å². The van der Waals surface area contributed by atoms with E-state index in [9.17, 15) is 9.59 Å². The molecule has 0 radical (unpaired) electrons. The van der Waals surface area contributed by atoms with Crippen LogP contribution in [0.15, 0.2) is 85.2 Å².